The average molecular weight is 244 g/mol. The fraction of sp³-hybridized carbons (Fsp3) is 0.400. The smallest absolute Gasteiger partial charge is 0.160 e. The highest BCUT2D eigenvalue weighted by atomic mass is 16.3. The van der Waals surface area contributed by atoms with E-state index in [-0.39, 0.29) is 0 Å². The number of nitrogens with zero attached hydrogens (tertiary/aromatic N) is 2. The topological polar surface area (TPSA) is 38.0 Å². The molecule has 0 aliphatic rings. The van der Waals surface area contributed by atoms with Gasteiger partial charge in [-0.2, -0.15) is 5.10 Å². The molecule has 2 rings (SSSR count). The van der Waals surface area contributed by atoms with Gasteiger partial charge >= 0.3 is 0 Å². The fourth-order valence-corrected chi connectivity index (χ4v) is 2.12. The summed E-state index contributed by atoms with van der Waals surface area (Å²) in [5.74, 6) is 0.361. The Morgan fingerprint density at radius 1 is 1.17 bits per heavy atom. The first-order valence-corrected chi connectivity index (χ1v) is 6.54. The molecule has 0 amide bonds. The van der Waals surface area contributed by atoms with Crippen molar-refractivity contribution in [3.8, 4) is 11.4 Å². The van der Waals surface area contributed by atoms with Crippen molar-refractivity contribution < 1.29 is 5.11 Å². The van der Waals surface area contributed by atoms with Crippen molar-refractivity contribution in [1.82, 2.24) is 9.78 Å². The molecule has 3 heteroatoms. The Kier molecular flexibility index (Phi) is 3.70. The van der Waals surface area contributed by atoms with Crippen molar-refractivity contribution >= 4 is 0 Å². The van der Waals surface area contributed by atoms with E-state index in [1.165, 1.54) is 5.56 Å². The van der Waals surface area contributed by atoms with Gasteiger partial charge in [0.1, 0.15) is 5.69 Å². The molecule has 0 aliphatic heterocycles. The van der Waals surface area contributed by atoms with Crippen molar-refractivity contribution in [2.75, 3.05) is 0 Å². The minimum absolute atomic E-state index is 0.361. The van der Waals surface area contributed by atoms with Crippen molar-refractivity contribution in [2.45, 2.75) is 40.0 Å². The fourth-order valence-electron chi connectivity index (χ4n) is 2.12. The minimum Gasteiger partial charge on any atom is -0.504 e. The van der Waals surface area contributed by atoms with Gasteiger partial charge < -0.3 is 5.11 Å². The normalized spacial score (nSPS) is 10.8. The van der Waals surface area contributed by atoms with Crippen LogP contribution in [0.25, 0.3) is 5.69 Å². The summed E-state index contributed by atoms with van der Waals surface area (Å²) in [7, 11) is 0. The second-order valence-corrected chi connectivity index (χ2v) is 4.59. The second kappa shape index (κ2) is 5.25. The molecule has 0 fully saturated rings. The monoisotopic (exact) mass is 244 g/mol. The first-order chi connectivity index (χ1) is 8.67. The average Bonchev–Trinajstić information content (AvgIpc) is 2.68. The Balaban J connectivity index is 2.49. The summed E-state index contributed by atoms with van der Waals surface area (Å²) < 4.78 is 1.86. The molecule has 1 heterocycles. The van der Waals surface area contributed by atoms with E-state index in [0.29, 0.717) is 5.75 Å². The summed E-state index contributed by atoms with van der Waals surface area (Å²) >= 11 is 0. The SMILES string of the molecule is CCCc1nn(-c2ccc(C)cc2)c(CC)c1O. The molecule has 0 saturated carbocycles. The van der Waals surface area contributed by atoms with Gasteiger partial charge in [-0.25, -0.2) is 4.68 Å². The van der Waals surface area contributed by atoms with Crippen molar-refractivity contribution in [1.29, 1.82) is 0 Å². The van der Waals surface area contributed by atoms with Gasteiger partial charge in [-0.3, -0.25) is 0 Å². The zero-order valence-corrected chi connectivity index (χ0v) is 11.3. The quantitative estimate of drug-likeness (QED) is 0.895. The Bertz CT molecular complexity index is 526. The minimum atomic E-state index is 0.361. The van der Waals surface area contributed by atoms with Gasteiger partial charge in [0.05, 0.1) is 11.4 Å². The third-order valence-electron chi connectivity index (χ3n) is 3.12. The number of hydrogen-bond donors (Lipinski definition) is 1. The predicted octanol–water partition coefficient (Wildman–Crippen LogP) is 3.40. The van der Waals surface area contributed by atoms with Crippen LogP contribution in [0.5, 0.6) is 5.75 Å². The maximum Gasteiger partial charge on any atom is 0.160 e. The van der Waals surface area contributed by atoms with Crippen LogP contribution in [0.3, 0.4) is 0 Å². The molecule has 0 atom stereocenters. The van der Waals surface area contributed by atoms with Crippen LogP contribution in [0.4, 0.5) is 0 Å². The molecule has 0 radical (unpaired) electrons. The first kappa shape index (κ1) is 12.7. The van der Waals surface area contributed by atoms with Gasteiger partial charge in [0.25, 0.3) is 0 Å². The molecule has 96 valence electrons. The molecule has 0 aliphatic carbocycles. The van der Waals surface area contributed by atoms with E-state index in [2.05, 4.69) is 31.1 Å². The van der Waals surface area contributed by atoms with Gasteiger partial charge in [-0.05, 0) is 31.9 Å². The lowest BCUT2D eigenvalue weighted by Crippen LogP contribution is -2.01. The molecular weight excluding hydrogens is 224 g/mol. The maximum absolute atomic E-state index is 10.2. The zero-order chi connectivity index (χ0) is 13.1. The zero-order valence-electron chi connectivity index (χ0n) is 11.3. The Morgan fingerprint density at radius 2 is 1.83 bits per heavy atom. The molecule has 1 aromatic heterocycles. The molecule has 3 nitrogen and oxygen atoms in total. The molecule has 0 unspecified atom stereocenters. The van der Waals surface area contributed by atoms with Crippen LogP contribution in [0.1, 0.15) is 37.2 Å². The van der Waals surface area contributed by atoms with Gasteiger partial charge in [-0.1, -0.05) is 38.0 Å². The van der Waals surface area contributed by atoms with Crippen LogP contribution in [-0.2, 0) is 12.8 Å². The molecule has 2 aromatic rings. The Hall–Kier alpha value is -1.77. The number of rotatable bonds is 4. The van der Waals surface area contributed by atoms with Gasteiger partial charge in [0.2, 0.25) is 0 Å². The summed E-state index contributed by atoms with van der Waals surface area (Å²) in [5.41, 5.74) is 3.93. The predicted molar refractivity (Wildman–Crippen MR) is 73.3 cm³/mol. The van der Waals surface area contributed by atoms with Gasteiger partial charge in [-0.15, -0.1) is 0 Å². The summed E-state index contributed by atoms with van der Waals surface area (Å²) in [4.78, 5) is 0. The Morgan fingerprint density at radius 3 is 2.39 bits per heavy atom. The third kappa shape index (κ3) is 2.26. The molecule has 0 bridgehead atoms. The summed E-state index contributed by atoms with van der Waals surface area (Å²) in [5, 5.41) is 14.7. The van der Waals surface area contributed by atoms with E-state index in [9.17, 15) is 5.11 Å². The molecule has 0 spiro atoms. The lowest BCUT2D eigenvalue weighted by Gasteiger charge is -2.05. The Labute approximate surface area is 108 Å². The highest BCUT2D eigenvalue weighted by Crippen LogP contribution is 2.26. The van der Waals surface area contributed by atoms with Crippen LogP contribution < -0.4 is 0 Å². The molecule has 1 aromatic carbocycles. The maximum atomic E-state index is 10.2. The second-order valence-electron chi connectivity index (χ2n) is 4.59. The number of benzene rings is 1. The molecular formula is C15H20N2O. The van der Waals surface area contributed by atoms with Crippen LogP contribution in [0, 0.1) is 6.92 Å². The standard InChI is InChI=1S/C15H20N2O/c1-4-6-13-15(18)14(5-2)17(16-13)12-9-7-11(3)8-10-12/h7-10,18H,4-6H2,1-3H3. The third-order valence-corrected chi connectivity index (χ3v) is 3.12. The lowest BCUT2D eigenvalue weighted by molar-refractivity contribution is 0.461. The van der Waals surface area contributed by atoms with E-state index in [1.54, 1.807) is 0 Å². The highest BCUT2D eigenvalue weighted by Gasteiger charge is 2.15. The summed E-state index contributed by atoms with van der Waals surface area (Å²) in [6, 6.07) is 8.20. The van der Waals surface area contributed by atoms with Crippen molar-refractivity contribution in [3.63, 3.8) is 0 Å². The first-order valence-electron chi connectivity index (χ1n) is 6.54. The number of aromatic nitrogens is 2. The van der Waals surface area contributed by atoms with E-state index in [1.807, 2.05) is 23.7 Å². The number of aromatic hydroxyl groups is 1. The van der Waals surface area contributed by atoms with Gasteiger partial charge in [0.15, 0.2) is 5.75 Å². The highest BCUT2D eigenvalue weighted by molar-refractivity contribution is 5.41. The van der Waals surface area contributed by atoms with E-state index in [0.717, 1.165) is 36.3 Å². The summed E-state index contributed by atoms with van der Waals surface area (Å²) in [6.45, 7) is 6.20. The van der Waals surface area contributed by atoms with Crippen molar-refractivity contribution in [2.24, 2.45) is 0 Å². The van der Waals surface area contributed by atoms with Gasteiger partial charge in [0, 0.05) is 0 Å². The number of aryl methyl sites for hydroxylation is 2. The lowest BCUT2D eigenvalue weighted by atomic mass is 10.2. The molecule has 18 heavy (non-hydrogen) atoms. The molecule has 1 N–H and O–H groups in total. The summed E-state index contributed by atoms with van der Waals surface area (Å²) in [6.07, 6.45) is 2.58. The number of hydrogen-bond acceptors (Lipinski definition) is 2. The van der Waals surface area contributed by atoms with E-state index < -0.39 is 0 Å². The van der Waals surface area contributed by atoms with Crippen LogP contribution >= 0.6 is 0 Å². The largest absolute Gasteiger partial charge is 0.504 e. The molecule has 0 saturated heterocycles. The van der Waals surface area contributed by atoms with Crippen LogP contribution in [0.15, 0.2) is 24.3 Å². The van der Waals surface area contributed by atoms with Crippen LogP contribution in [-0.4, -0.2) is 14.9 Å². The van der Waals surface area contributed by atoms with E-state index >= 15 is 0 Å². The van der Waals surface area contributed by atoms with E-state index in [4.69, 9.17) is 0 Å². The van der Waals surface area contributed by atoms with Crippen LogP contribution in [0.2, 0.25) is 0 Å². The van der Waals surface area contributed by atoms with Crippen molar-refractivity contribution in [3.05, 3.63) is 41.2 Å².